The van der Waals surface area contributed by atoms with Crippen molar-refractivity contribution >= 4 is 0 Å². The highest BCUT2D eigenvalue weighted by Gasteiger charge is 2.42. The Balaban J connectivity index is 1.96. The first-order chi connectivity index (χ1) is 8.98. The van der Waals surface area contributed by atoms with Gasteiger partial charge in [-0.05, 0) is 65.6 Å². The van der Waals surface area contributed by atoms with Gasteiger partial charge >= 0.3 is 0 Å². The van der Waals surface area contributed by atoms with Gasteiger partial charge in [0, 0.05) is 24.2 Å². The number of hydrogen-bond donors (Lipinski definition) is 1. The van der Waals surface area contributed by atoms with Crippen LogP contribution in [0.2, 0.25) is 0 Å². The molecule has 0 heterocycles. The van der Waals surface area contributed by atoms with Crippen LogP contribution in [0.15, 0.2) is 0 Å². The summed E-state index contributed by atoms with van der Waals surface area (Å²) in [5.41, 5.74) is 6.82. The first-order valence-corrected chi connectivity index (χ1v) is 8.12. The van der Waals surface area contributed by atoms with Crippen LogP contribution in [0, 0.1) is 5.92 Å². The minimum atomic E-state index is 0.382. The van der Waals surface area contributed by atoms with Crippen molar-refractivity contribution in [3.63, 3.8) is 0 Å². The lowest BCUT2D eigenvalue weighted by molar-refractivity contribution is 0.00367. The molecular weight excluding hydrogens is 234 g/mol. The molecule has 0 spiro atoms. The second-order valence-corrected chi connectivity index (χ2v) is 7.21. The largest absolute Gasteiger partial charge is 0.326 e. The topological polar surface area (TPSA) is 32.5 Å². The fourth-order valence-corrected chi connectivity index (χ4v) is 4.05. The summed E-state index contributed by atoms with van der Waals surface area (Å²) in [7, 11) is 6.78. The Kier molecular flexibility index (Phi) is 4.91. The number of rotatable bonds is 5. The maximum Gasteiger partial charge on any atom is 0.0330 e. The average molecular weight is 267 g/mol. The van der Waals surface area contributed by atoms with Crippen molar-refractivity contribution in [3.05, 3.63) is 0 Å². The molecule has 2 saturated carbocycles. The van der Waals surface area contributed by atoms with Gasteiger partial charge < -0.3 is 15.5 Å². The lowest BCUT2D eigenvalue weighted by Gasteiger charge is -2.51. The molecule has 2 aliphatic carbocycles. The van der Waals surface area contributed by atoms with Crippen LogP contribution in [0.3, 0.4) is 0 Å². The lowest BCUT2D eigenvalue weighted by atomic mass is 9.74. The molecule has 2 aliphatic rings. The molecule has 2 fully saturated rings. The third-order valence-corrected chi connectivity index (χ3v) is 5.90. The van der Waals surface area contributed by atoms with Crippen LogP contribution in [-0.4, -0.2) is 55.1 Å². The highest BCUT2D eigenvalue weighted by molar-refractivity contribution is 5.00. The quantitative estimate of drug-likeness (QED) is 0.829. The van der Waals surface area contributed by atoms with Crippen molar-refractivity contribution in [3.8, 4) is 0 Å². The van der Waals surface area contributed by atoms with Gasteiger partial charge in [0.25, 0.3) is 0 Å². The van der Waals surface area contributed by atoms with Gasteiger partial charge in [0.05, 0.1) is 0 Å². The van der Waals surface area contributed by atoms with E-state index < -0.39 is 0 Å². The number of nitrogens with two attached hydrogens (primary N) is 1. The lowest BCUT2D eigenvalue weighted by Crippen LogP contribution is -2.60. The van der Waals surface area contributed by atoms with Crippen LogP contribution < -0.4 is 5.73 Å². The third-order valence-electron chi connectivity index (χ3n) is 5.90. The first-order valence-electron chi connectivity index (χ1n) is 8.12. The standard InChI is InChI=1S/C16H33N3/c1-5-13-7-8-14(17)15(11-13)19(4)12-16(18(2)3)9-6-10-16/h13-15H,5-12,17H2,1-4H3. The maximum atomic E-state index is 6.40. The summed E-state index contributed by atoms with van der Waals surface area (Å²) in [6, 6.07) is 0.975. The first kappa shape index (κ1) is 15.3. The van der Waals surface area contributed by atoms with E-state index in [2.05, 4.69) is 37.9 Å². The van der Waals surface area contributed by atoms with Gasteiger partial charge in [-0.2, -0.15) is 0 Å². The zero-order chi connectivity index (χ0) is 14.0. The van der Waals surface area contributed by atoms with E-state index in [9.17, 15) is 0 Å². The van der Waals surface area contributed by atoms with Crippen LogP contribution in [0.5, 0.6) is 0 Å². The molecule has 3 unspecified atom stereocenters. The Bertz CT molecular complexity index is 286. The van der Waals surface area contributed by atoms with E-state index in [0.717, 1.165) is 5.92 Å². The molecule has 112 valence electrons. The molecule has 19 heavy (non-hydrogen) atoms. The van der Waals surface area contributed by atoms with E-state index in [1.165, 1.54) is 51.5 Å². The van der Waals surface area contributed by atoms with Crippen molar-refractivity contribution in [1.82, 2.24) is 9.80 Å². The molecule has 0 bridgehead atoms. The molecule has 0 radical (unpaired) electrons. The monoisotopic (exact) mass is 267 g/mol. The highest BCUT2D eigenvalue weighted by Crippen LogP contribution is 2.38. The van der Waals surface area contributed by atoms with E-state index in [4.69, 9.17) is 5.73 Å². The summed E-state index contributed by atoms with van der Waals surface area (Å²) in [6.45, 7) is 3.51. The minimum Gasteiger partial charge on any atom is -0.326 e. The van der Waals surface area contributed by atoms with Crippen LogP contribution in [0.25, 0.3) is 0 Å². The highest BCUT2D eigenvalue weighted by atomic mass is 15.2. The van der Waals surface area contributed by atoms with Gasteiger partial charge in [0.15, 0.2) is 0 Å². The summed E-state index contributed by atoms with van der Waals surface area (Å²) < 4.78 is 0. The Morgan fingerprint density at radius 1 is 1.16 bits per heavy atom. The molecule has 0 aliphatic heterocycles. The Morgan fingerprint density at radius 3 is 2.32 bits per heavy atom. The van der Waals surface area contributed by atoms with Crippen LogP contribution >= 0.6 is 0 Å². The number of hydrogen-bond acceptors (Lipinski definition) is 3. The fourth-order valence-electron chi connectivity index (χ4n) is 4.05. The van der Waals surface area contributed by atoms with Gasteiger partial charge in [-0.3, -0.25) is 0 Å². The predicted molar refractivity (Wildman–Crippen MR) is 82.3 cm³/mol. The average Bonchev–Trinajstić information content (AvgIpc) is 2.33. The second kappa shape index (κ2) is 6.11. The summed E-state index contributed by atoms with van der Waals surface area (Å²) in [6.07, 6.45) is 9.25. The van der Waals surface area contributed by atoms with E-state index in [1.54, 1.807) is 0 Å². The maximum absolute atomic E-state index is 6.40. The van der Waals surface area contributed by atoms with Crippen LogP contribution in [0.1, 0.15) is 51.9 Å². The van der Waals surface area contributed by atoms with Crippen LogP contribution in [-0.2, 0) is 0 Å². The molecule has 3 nitrogen and oxygen atoms in total. The Hall–Kier alpha value is -0.120. The van der Waals surface area contributed by atoms with Crippen molar-refractivity contribution in [2.75, 3.05) is 27.7 Å². The smallest absolute Gasteiger partial charge is 0.0330 e. The molecular formula is C16H33N3. The Labute approximate surface area is 119 Å². The third kappa shape index (κ3) is 3.14. The van der Waals surface area contributed by atoms with Crippen molar-refractivity contribution in [2.45, 2.75) is 69.5 Å². The van der Waals surface area contributed by atoms with Gasteiger partial charge in [0.2, 0.25) is 0 Å². The normalized spacial score (nSPS) is 34.6. The Morgan fingerprint density at radius 2 is 1.84 bits per heavy atom. The summed E-state index contributed by atoms with van der Waals surface area (Å²) in [4.78, 5) is 5.02. The molecule has 0 amide bonds. The van der Waals surface area contributed by atoms with E-state index in [-0.39, 0.29) is 0 Å². The fraction of sp³-hybridized carbons (Fsp3) is 1.00. The van der Waals surface area contributed by atoms with Gasteiger partial charge in [-0.1, -0.05) is 13.3 Å². The molecule has 0 aromatic rings. The second-order valence-electron chi connectivity index (χ2n) is 7.21. The van der Waals surface area contributed by atoms with E-state index >= 15 is 0 Å². The van der Waals surface area contributed by atoms with Crippen LogP contribution in [0.4, 0.5) is 0 Å². The SMILES string of the molecule is CCC1CCC(N)C(N(C)CC2(N(C)C)CCC2)C1. The molecule has 3 atom stereocenters. The number of nitrogens with zero attached hydrogens (tertiary/aromatic N) is 2. The molecule has 0 aromatic heterocycles. The minimum absolute atomic E-state index is 0.382. The zero-order valence-corrected chi connectivity index (χ0v) is 13.4. The molecule has 0 aromatic carbocycles. The predicted octanol–water partition coefficient (Wildman–Crippen LogP) is 2.31. The number of likely N-dealkylation sites (N-methyl/N-ethyl adjacent to an activating group) is 2. The summed E-state index contributed by atoms with van der Waals surface area (Å²) in [5.74, 6) is 0.893. The molecule has 2 rings (SSSR count). The van der Waals surface area contributed by atoms with Crippen molar-refractivity contribution in [2.24, 2.45) is 11.7 Å². The summed E-state index contributed by atoms with van der Waals surface area (Å²) in [5, 5.41) is 0. The zero-order valence-electron chi connectivity index (χ0n) is 13.4. The van der Waals surface area contributed by atoms with Crippen molar-refractivity contribution in [1.29, 1.82) is 0 Å². The van der Waals surface area contributed by atoms with Crippen molar-refractivity contribution < 1.29 is 0 Å². The molecule has 3 heteroatoms. The van der Waals surface area contributed by atoms with E-state index in [0.29, 0.717) is 17.6 Å². The van der Waals surface area contributed by atoms with Gasteiger partial charge in [-0.25, -0.2) is 0 Å². The molecule has 2 N–H and O–H groups in total. The van der Waals surface area contributed by atoms with Gasteiger partial charge in [0.1, 0.15) is 0 Å². The molecule has 0 saturated heterocycles. The van der Waals surface area contributed by atoms with E-state index in [1.807, 2.05) is 0 Å². The summed E-state index contributed by atoms with van der Waals surface area (Å²) >= 11 is 0. The van der Waals surface area contributed by atoms with Gasteiger partial charge in [-0.15, -0.1) is 0 Å².